The highest BCUT2D eigenvalue weighted by Crippen LogP contribution is 2.08. The fourth-order valence-corrected chi connectivity index (χ4v) is 5.74. The molecule has 31 heteroatoms. The predicted octanol–water partition coefficient (Wildman–Crippen LogP) is -8.25. The number of hydrogen-bond acceptors (Lipinski definition) is 18. The maximum absolute atomic E-state index is 13.3. The summed E-state index contributed by atoms with van der Waals surface area (Å²) in [6.07, 6.45) is -7.02. The number of carboxylic acid groups (broad SMARTS) is 5. The summed E-state index contributed by atoms with van der Waals surface area (Å²) in [4.78, 5) is 161. The van der Waals surface area contributed by atoms with Crippen LogP contribution in [0.25, 0.3) is 0 Å². The number of carbonyl (C=O) groups excluding carboxylic acids is 8. The van der Waals surface area contributed by atoms with Crippen molar-refractivity contribution in [2.75, 3.05) is 19.8 Å². The SMILES string of the molecule is CC(C)C[C@H](N)C(=O)N[C@H](C(=O)N[C@@H](CCC(=O)O)C(=O)N[C@@H](CO)C(=O)N[C@@H](CO)C(=O)N[C@@H](CO)C(=O)N[C@@H](CC(=O)O)C(=O)N[C@@H](CCC(=O)O)C(=O)N[C@@H](CCC(=O)O)C(=O)O)[C@@H](C)O. The van der Waals surface area contributed by atoms with Gasteiger partial charge in [0.2, 0.25) is 47.3 Å². The second-order valence-electron chi connectivity index (χ2n) is 15.7. The van der Waals surface area contributed by atoms with Crippen LogP contribution in [0, 0.1) is 5.92 Å². The zero-order valence-electron chi connectivity index (χ0n) is 37.5. The lowest BCUT2D eigenvalue weighted by Crippen LogP contribution is -2.62. The lowest BCUT2D eigenvalue weighted by Gasteiger charge is -2.27. The van der Waals surface area contributed by atoms with E-state index in [0.717, 1.165) is 6.92 Å². The van der Waals surface area contributed by atoms with Crippen LogP contribution in [0.3, 0.4) is 0 Å². The molecular weight excluding hydrogens is 934 g/mol. The number of aliphatic carboxylic acids is 5. The summed E-state index contributed by atoms with van der Waals surface area (Å²) in [6, 6.07) is -16.8. The van der Waals surface area contributed by atoms with Crippen molar-refractivity contribution in [3.8, 4) is 0 Å². The molecule has 0 aromatic rings. The molecule has 0 aliphatic rings. The Balaban J connectivity index is 6.16. The van der Waals surface area contributed by atoms with Gasteiger partial charge < -0.3 is 94.2 Å². The van der Waals surface area contributed by atoms with E-state index in [4.69, 9.17) is 15.9 Å². The van der Waals surface area contributed by atoms with Gasteiger partial charge in [-0.25, -0.2) is 4.79 Å². The Kier molecular flexibility index (Phi) is 27.9. The first-order chi connectivity index (χ1) is 32.1. The van der Waals surface area contributed by atoms with Crippen LogP contribution in [-0.2, 0) is 62.3 Å². The average Bonchev–Trinajstić information content (AvgIpc) is 3.25. The number of aliphatic hydroxyl groups is 4. The number of nitrogens with two attached hydrogens (primary N) is 1. The highest BCUT2D eigenvalue weighted by atomic mass is 16.4. The standard InChI is InChI=1S/C38H61N9O22/c1-15(2)10-17(39)30(60)47-29(16(3)51)37(67)41-19(5-8-26(54)55)32(62)44-23(13-49)35(65)46-24(14-50)36(66)45-22(12-48)34(64)43-21(11-28(58)59)33(63)40-18(4-7-25(52)53)31(61)42-20(38(68)69)6-9-27(56)57/h15-24,29,48-51H,4-14,39H2,1-3H3,(H,40,63)(H,41,67)(H,42,61)(H,43,64)(H,44,62)(H,45,66)(H,46,65)(H,47,60)(H,52,53)(H,54,55)(H,56,57)(H,58,59)(H,68,69)/t16-,17+,18+,19+,20+,21+,22+,23+,24+,29+/m1/s1. The van der Waals surface area contributed by atoms with E-state index in [9.17, 15) is 98.1 Å². The molecule has 0 radical (unpaired) electrons. The fraction of sp³-hybridized carbons (Fsp3) is 0.658. The highest BCUT2D eigenvalue weighted by Gasteiger charge is 2.36. The molecule has 0 unspecified atom stereocenters. The van der Waals surface area contributed by atoms with Crippen LogP contribution < -0.4 is 48.3 Å². The van der Waals surface area contributed by atoms with E-state index in [1.165, 1.54) is 0 Å². The Morgan fingerprint density at radius 2 is 0.710 bits per heavy atom. The first-order valence-corrected chi connectivity index (χ1v) is 20.9. The molecule has 0 saturated carbocycles. The topological polar surface area (TPSA) is 526 Å². The second kappa shape index (κ2) is 31.0. The second-order valence-corrected chi connectivity index (χ2v) is 15.7. The zero-order chi connectivity index (χ0) is 53.3. The van der Waals surface area contributed by atoms with Gasteiger partial charge in [0.25, 0.3) is 0 Å². The van der Waals surface area contributed by atoms with Gasteiger partial charge in [0, 0.05) is 19.3 Å². The van der Waals surface area contributed by atoms with Gasteiger partial charge in [-0.2, -0.15) is 0 Å². The summed E-state index contributed by atoms with van der Waals surface area (Å²) < 4.78 is 0. The zero-order valence-corrected chi connectivity index (χ0v) is 37.5. The lowest BCUT2D eigenvalue weighted by atomic mass is 10.0. The van der Waals surface area contributed by atoms with Crippen LogP contribution >= 0.6 is 0 Å². The summed E-state index contributed by atoms with van der Waals surface area (Å²) >= 11 is 0. The molecule has 0 aromatic heterocycles. The van der Waals surface area contributed by atoms with E-state index >= 15 is 0 Å². The Morgan fingerprint density at radius 1 is 0.406 bits per heavy atom. The number of aliphatic hydroxyl groups excluding tert-OH is 4. The van der Waals surface area contributed by atoms with Crippen molar-refractivity contribution >= 4 is 77.1 Å². The molecule has 0 aliphatic carbocycles. The van der Waals surface area contributed by atoms with E-state index in [1.54, 1.807) is 13.8 Å². The third kappa shape index (κ3) is 24.0. The monoisotopic (exact) mass is 995 g/mol. The normalized spacial score (nSPS) is 15.3. The van der Waals surface area contributed by atoms with E-state index in [-0.39, 0.29) is 12.3 Å². The van der Waals surface area contributed by atoms with Crippen molar-refractivity contribution in [3.05, 3.63) is 0 Å². The van der Waals surface area contributed by atoms with Crippen LogP contribution in [0.15, 0.2) is 0 Å². The number of hydrogen-bond donors (Lipinski definition) is 18. The van der Waals surface area contributed by atoms with Crippen molar-refractivity contribution in [2.45, 2.75) is 133 Å². The van der Waals surface area contributed by atoms with Gasteiger partial charge in [0.15, 0.2) is 0 Å². The third-order valence-electron chi connectivity index (χ3n) is 9.40. The van der Waals surface area contributed by atoms with Crippen molar-refractivity contribution in [1.29, 1.82) is 0 Å². The molecule has 0 aliphatic heterocycles. The smallest absolute Gasteiger partial charge is 0.326 e. The van der Waals surface area contributed by atoms with Gasteiger partial charge in [-0.05, 0) is 38.5 Å². The number of carbonyl (C=O) groups is 13. The molecule has 8 amide bonds. The summed E-state index contributed by atoms with van der Waals surface area (Å²) in [5.74, 6) is -18.5. The van der Waals surface area contributed by atoms with Gasteiger partial charge >= 0.3 is 29.8 Å². The molecule has 10 atom stereocenters. The highest BCUT2D eigenvalue weighted by molar-refractivity contribution is 5.99. The van der Waals surface area contributed by atoms with Gasteiger partial charge in [0.05, 0.1) is 38.4 Å². The third-order valence-corrected chi connectivity index (χ3v) is 9.40. The largest absolute Gasteiger partial charge is 0.481 e. The molecule has 0 spiro atoms. The molecule has 31 nitrogen and oxygen atoms in total. The first-order valence-electron chi connectivity index (χ1n) is 20.9. The molecule has 390 valence electrons. The molecule has 69 heavy (non-hydrogen) atoms. The minimum atomic E-state index is -2.17. The molecule has 0 rings (SSSR count). The number of amides is 8. The van der Waals surface area contributed by atoms with E-state index in [2.05, 4.69) is 10.6 Å². The summed E-state index contributed by atoms with van der Waals surface area (Å²) in [6.45, 7) is 0.805. The maximum atomic E-state index is 13.3. The van der Waals surface area contributed by atoms with Crippen LogP contribution in [-0.4, -0.2) is 203 Å². The molecule has 0 aromatic carbocycles. The van der Waals surface area contributed by atoms with Crippen molar-refractivity contribution in [1.82, 2.24) is 42.5 Å². The quantitative estimate of drug-likeness (QED) is 0.0285. The summed E-state index contributed by atoms with van der Waals surface area (Å²) in [7, 11) is 0. The number of nitrogens with one attached hydrogen (secondary N) is 8. The number of carboxylic acids is 5. The summed E-state index contributed by atoms with van der Waals surface area (Å²) in [5.41, 5.74) is 5.84. The van der Waals surface area contributed by atoms with Crippen molar-refractivity contribution in [2.24, 2.45) is 11.7 Å². The van der Waals surface area contributed by atoms with Crippen molar-refractivity contribution in [3.63, 3.8) is 0 Å². The average molecular weight is 996 g/mol. The Bertz CT molecular complexity index is 1870. The maximum Gasteiger partial charge on any atom is 0.326 e. The minimum Gasteiger partial charge on any atom is -0.481 e. The van der Waals surface area contributed by atoms with Crippen molar-refractivity contribution < 1.29 is 108 Å². The minimum absolute atomic E-state index is 0.0408. The van der Waals surface area contributed by atoms with Gasteiger partial charge in [0.1, 0.15) is 48.3 Å². The number of rotatable bonds is 34. The predicted molar refractivity (Wildman–Crippen MR) is 226 cm³/mol. The van der Waals surface area contributed by atoms with Crippen LogP contribution in [0.5, 0.6) is 0 Å². The van der Waals surface area contributed by atoms with Gasteiger partial charge in [-0.3, -0.25) is 57.5 Å². The first kappa shape index (κ1) is 61.9. The van der Waals surface area contributed by atoms with E-state index in [1.807, 2.05) is 31.9 Å². The fourth-order valence-electron chi connectivity index (χ4n) is 5.74. The molecule has 19 N–H and O–H groups in total. The van der Waals surface area contributed by atoms with Gasteiger partial charge in [-0.15, -0.1) is 0 Å². The Hall–Kier alpha value is -7.09. The van der Waals surface area contributed by atoms with E-state index < -0.39 is 202 Å². The summed E-state index contributed by atoms with van der Waals surface area (Å²) in [5, 5.41) is 102. The molecular formula is C38H61N9O22. The Morgan fingerprint density at radius 3 is 1.03 bits per heavy atom. The van der Waals surface area contributed by atoms with Crippen LogP contribution in [0.2, 0.25) is 0 Å². The molecule has 0 saturated heterocycles. The molecule has 0 fully saturated rings. The lowest BCUT2D eigenvalue weighted by molar-refractivity contribution is -0.145. The Labute approximate surface area is 391 Å². The van der Waals surface area contributed by atoms with E-state index in [0.29, 0.717) is 0 Å². The van der Waals surface area contributed by atoms with Crippen LogP contribution in [0.4, 0.5) is 0 Å². The molecule has 0 bridgehead atoms. The van der Waals surface area contributed by atoms with Gasteiger partial charge in [-0.1, -0.05) is 13.8 Å². The van der Waals surface area contributed by atoms with Crippen LogP contribution in [0.1, 0.15) is 72.1 Å². The molecule has 0 heterocycles.